The van der Waals surface area contributed by atoms with Crippen molar-refractivity contribution in [3.8, 4) is 0 Å². The molecular weight excluding hydrogens is 284 g/mol. The highest BCUT2D eigenvalue weighted by molar-refractivity contribution is 8.00. The van der Waals surface area contributed by atoms with E-state index in [2.05, 4.69) is 0 Å². The van der Waals surface area contributed by atoms with Gasteiger partial charge in [0.15, 0.2) is 0 Å². The molecule has 0 heterocycles. The van der Waals surface area contributed by atoms with E-state index in [9.17, 15) is 13.6 Å². The summed E-state index contributed by atoms with van der Waals surface area (Å²) < 4.78 is 24.7. The summed E-state index contributed by atoms with van der Waals surface area (Å²) in [6, 6.07) is 5.92. The maximum Gasteiger partial charge on any atom is 0.255 e. The first-order valence-corrected chi connectivity index (χ1v) is 7.29. The van der Waals surface area contributed by atoms with Gasteiger partial charge in [-0.1, -0.05) is 17.7 Å². The Morgan fingerprint density at radius 3 is 2.70 bits per heavy atom. The molecule has 1 aromatic carbocycles. The zero-order valence-corrected chi connectivity index (χ0v) is 12.4. The molecule has 0 spiro atoms. The number of halogens is 2. The number of aliphatic hydroxyl groups excluding tert-OH is 1. The van der Waals surface area contributed by atoms with Crippen LogP contribution in [0.25, 0.3) is 0 Å². The van der Waals surface area contributed by atoms with Crippen molar-refractivity contribution in [1.82, 2.24) is 4.90 Å². The number of carbonyl (C=O) groups excluding carboxylic acids is 1. The second kappa shape index (κ2) is 8.21. The average molecular weight is 303 g/mol. The van der Waals surface area contributed by atoms with Crippen LogP contribution in [0, 0.1) is 13.8 Å². The van der Waals surface area contributed by atoms with Crippen LogP contribution in [0.15, 0.2) is 23.1 Å². The molecule has 0 aromatic heterocycles. The SMILES string of the molecule is Cc1ccc(C)c(SCC(=O)N(CCO)CC(F)F)c1. The lowest BCUT2D eigenvalue weighted by molar-refractivity contribution is -0.130. The smallest absolute Gasteiger partial charge is 0.255 e. The van der Waals surface area contributed by atoms with Crippen LogP contribution in [-0.2, 0) is 4.79 Å². The standard InChI is InChI=1S/C14H19F2NO2S/c1-10-3-4-11(2)12(7-10)20-9-14(19)17(5-6-18)8-13(15)16/h3-4,7,13,18H,5-6,8-9H2,1-2H3. The Morgan fingerprint density at radius 1 is 1.40 bits per heavy atom. The molecule has 3 nitrogen and oxygen atoms in total. The lowest BCUT2D eigenvalue weighted by Gasteiger charge is -2.21. The molecule has 0 unspecified atom stereocenters. The molecule has 0 radical (unpaired) electrons. The van der Waals surface area contributed by atoms with Gasteiger partial charge in [-0.2, -0.15) is 0 Å². The second-order valence-electron chi connectivity index (χ2n) is 4.51. The van der Waals surface area contributed by atoms with Crippen LogP contribution in [0.3, 0.4) is 0 Å². The zero-order chi connectivity index (χ0) is 15.1. The van der Waals surface area contributed by atoms with Crippen LogP contribution in [0.1, 0.15) is 11.1 Å². The van der Waals surface area contributed by atoms with Crippen molar-refractivity contribution < 1.29 is 18.7 Å². The van der Waals surface area contributed by atoms with E-state index < -0.39 is 13.0 Å². The topological polar surface area (TPSA) is 40.5 Å². The first kappa shape index (κ1) is 16.9. The quantitative estimate of drug-likeness (QED) is 0.787. The van der Waals surface area contributed by atoms with Crippen molar-refractivity contribution >= 4 is 17.7 Å². The molecule has 0 bridgehead atoms. The summed E-state index contributed by atoms with van der Waals surface area (Å²) >= 11 is 1.33. The van der Waals surface area contributed by atoms with Crippen molar-refractivity contribution in [3.63, 3.8) is 0 Å². The van der Waals surface area contributed by atoms with E-state index in [1.165, 1.54) is 11.8 Å². The number of hydrogen-bond acceptors (Lipinski definition) is 3. The van der Waals surface area contributed by atoms with E-state index >= 15 is 0 Å². The highest BCUT2D eigenvalue weighted by Crippen LogP contribution is 2.23. The Balaban J connectivity index is 2.62. The van der Waals surface area contributed by atoms with E-state index in [0.717, 1.165) is 20.9 Å². The van der Waals surface area contributed by atoms with Gasteiger partial charge < -0.3 is 10.0 Å². The minimum atomic E-state index is -2.59. The molecule has 0 saturated heterocycles. The van der Waals surface area contributed by atoms with Gasteiger partial charge >= 0.3 is 0 Å². The monoisotopic (exact) mass is 303 g/mol. The van der Waals surface area contributed by atoms with E-state index in [1.807, 2.05) is 32.0 Å². The number of benzene rings is 1. The van der Waals surface area contributed by atoms with Crippen molar-refractivity contribution in [2.45, 2.75) is 25.2 Å². The third-order valence-electron chi connectivity index (χ3n) is 2.78. The third kappa shape index (κ3) is 5.46. The summed E-state index contributed by atoms with van der Waals surface area (Å²) in [5, 5.41) is 8.82. The molecule has 1 aromatic rings. The predicted octanol–water partition coefficient (Wildman–Crippen LogP) is 2.48. The summed E-state index contributed by atoms with van der Waals surface area (Å²) in [4.78, 5) is 13.9. The van der Waals surface area contributed by atoms with Crippen molar-refractivity contribution in [2.75, 3.05) is 25.4 Å². The molecule has 6 heteroatoms. The highest BCUT2D eigenvalue weighted by Gasteiger charge is 2.18. The van der Waals surface area contributed by atoms with E-state index in [0.29, 0.717) is 0 Å². The Labute approximate surface area is 122 Å². The fraction of sp³-hybridized carbons (Fsp3) is 0.500. The van der Waals surface area contributed by atoms with Gasteiger partial charge in [-0.25, -0.2) is 8.78 Å². The maximum atomic E-state index is 12.4. The van der Waals surface area contributed by atoms with Gasteiger partial charge in [-0.15, -0.1) is 11.8 Å². The average Bonchev–Trinajstić information content (AvgIpc) is 2.38. The predicted molar refractivity (Wildman–Crippen MR) is 76.3 cm³/mol. The lowest BCUT2D eigenvalue weighted by Crippen LogP contribution is -2.38. The van der Waals surface area contributed by atoms with Gasteiger partial charge in [-0.05, 0) is 25.5 Å². The molecular formula is C14H19F2NO2S. The van der Waals surface area contributed by atoms with Crippen LogP contribution in [0.5, 0.6) is 0 Å². The first-order chi connectivity index (χ1) is 9.43. The van der Waals surface area contributed by atoms with Crippen LogP contribution in [0.2, 0.25) is 0 Å². The fourth-order valence-corrected chi connectivity index (χ4v) is 2.73. The lowest BCUT2D eigenvalue weighted by atomic mass is 10.2. The van der Waals surface area contributed by atoms with Crippen LogP contribution < -0.4 is 0 Å². The number of rotatable bonds is 7. The number of amides is 1. The van der Waals surface area contributed by atoms with Gasteiger partial charge in [-0.3, -0.25) is 4.79 Å². The van der Waals surface area contributed by atoms with Crippen molar-refractivity contribution in [3.05, 3.63) is 29.3 Å². The molecule has 0 saturated carbocycles. The Bertz CT molecular complexity index is 455. The molecule has 0 atom stereocenters. The highest BCUT2D eigenvalue weighted by atomic mass is 32.2. The van der Waals surface area contributed by atoms with Crippen molar-refractivity contribution in [2.24, 2.45) is 0 Å². The van der Waals surface area contributed by atoms with Crippen molar-refractivity contribution in [1.29, 1.82) is 0 Å². The summed E-state index contributed by atoms with van der Waals surface area (Å²) in [6.07, 6.45) is -2.59. The third-order valence-corrected chi connectivity index (χ3v) is 3.92. The Morgan fingerprint density at radius 2 is 2.10 bits per heavy atom. The fourth-order valence-electron chi connectivity index (χ4n) is 1.70. The van der Waals surface area contributed by atoms with Crippen LogP contribution in [0.4, 0.5) is 8.78 Å². The number of hydrogen-bond donors (Lipinski definition) is 1. The van der Waals surface area contributed by atoms with Gasteiger partial charge in [0.1, 0.15) is 0 Å². The minimum Gasteiger partial charge on any atom is -0.395 e. The van der Waals surface area contributed by atoms with E-state index in [4.69, 9.17) is 5.11 Å². The number of aliphatic hydroxyl groups is 1. The number of aryl methyl sites for hydroxylation is 2. The Kier molecular flexibility index (Phi) is 6.95. The normalized spacial score (nSPS) is 10.9. The molecule has 1 N–H and O–H groups in total. The zero-order valence-electron chi connectivity index (χ0n) is 11.6. The van der Waals surface area contributed by atoms with Gasteiger partial charge in [0.05, 0.1) is 18.9 Å². The molecule has 0 fully saturated rings. The van der Waals surface area contributed by atoms with Crippen LogP contribution in [-0.4, -0.2) is 47.8 Å². The van der Waals surface area contributed by atoms with E-state index in [1.54, 1.807) is 0 Å². The van der Waals surface area contributed by atoms with E-state index in [-0.39, 0.29) is 24.8 Å². The van der Waals surface area contributed by atoms with Crippen LogP contribution >= 0.6 is 11.8 Å². The molecule has 0 aliphatic heterocycles. The molecule has 1 amide bonds. The first-order valence-electron chi connectivity index (χ1n) is 6.31. The summed E-state index contributed by atoms with van der Waals surface area (Å²) in [5.41, 5.74) is 2.14. The van der Waals surface area contributed by atoms with Gasteiger partial charge in [0.25, 0.3) is 6.43 Å². The van der Waals surface area contributed by atoms with Gasteiger partial charge in [0, 0.05) is 11.4 Å². The number of alkyl halides is 2. The largest absolute Gasteiger partial charge is 0.395 e. The Hall–Kier alpha value is -1.14. The number of nitrogens with zero attached hydrogens (tertiary/aromatic N) is 1. The number of thioether (sulfide) groups is 1. The second-order valence-corrected chi connectivity index (χ2v) is 5.53. The molecule has 0 aliphatic rings. The molecule has 1 rings (SSSR count). The maximum absolute atomic E-state index is 12.4. The molecule has 20 heavy (non-hydrogen) atoms. The summed E-state index contributed by atoms with van der Waals surface area (Å²) in [7, 11) is 0. The summed E-state index contributed by atoms with van der Waals surface area (Å²) in [5.74, 6) is -0.290. The van der Waals surface area contributed by atoms with Gasteiger partial charge in [0.2, 0.25) is 5.91 Å². The summed E-state index contributed by atoms with van der Waals surface area (Å²) in [6.45, 7) is 2.90. The minimum absolute atomic E-state index is 0.0590. The molecule has 0 aliphatic carbocycles. The molecule has 112 valence electrons. The number of carbonyl (C=O) groups is 1.